The van der Waals surface area contributed by atoms with Crippen molar-refractivity contribution in [1.82, 2.24) is 10.2 Å². The Morgan fingerprint density at radius 3 is 2.64 bits per heavy atom. The number of benzene rings is 1. The van der Waals surface area contributed by atoms with Crippen LogP contribution in [0.5, 0.6) is 5.75 Å². The van der Waals surface area contributed by atoms with Crippen LogP contribution in [0, 0.1) is 0 Å². The minimum atomic E-state index is -0.105. The van der Waals surface area contributed by atoms with Crippen LogP contribution in [-0.2, 0) is 16.0 Å². The van der Waals surface area contributed by atoms with Crippen LogP contribution in [0.15, 0.2) is 24.3 Å². The van der Waals surface area contributed by atoms with Crippen LogP contribution < -0.4 is 10.1 Å². The van der Waals surface area contributed by atoms with Crippen molar-refractivity contribution in [3.63, 3.8) is 0 Å². The van der Waals surface area contributed by atoms with Crippen LogP contribution in [0.4, 0.5) is 4.79 Å². The first-order valence-corrected chi connectivity index (χ1v) is 8.96. The molecule has 2 saturated heterocycles. The van der Waals surface area contributed by atoms with Crippen molar-refractivity contribution in [2.75, 3.05) is 33.9 Å². The van der Waals surface area contributed by atoms with E-state index in [4.69, 9.17) is 14.2 Å². The van der Waals surface area contributed by atoms with Crippen molar-refractivity contribution in [3.8, 4) is 5.75 Å². The number of piperidine rings is 1. The number of nitrogens with one attached hydrogen (secondary N) is 1. The lowest BCUT2D eigenvalue weighted by molar-refractivity contribution is -0.145. The first-order chi connectivity index (χ1) is 12.1. The van der Waals surface area contributed by atoms with E-state index in [1.54, 1.807) is 14.2 Å². The third-order valence-corrected chi connectivity index (χ3v) is 5.35. The normalized spacial score (nSPS) is 22.6. The average molecular weight is 348 g/mol. The highest BCUT2D eigenvalue weighted by Crippen LogP contribution is 2.35. The van der Waals surface area contributed by atoms with Crippen LogP contribution in [-0.4, -0.2) is 56.6 Å². The summed E-state index contributed by atoms with van der Waals surface area (Å²) in [5, 5.41) is 3.00. The molecule has 138 valence electrons. The predicted molar refractivity (Wildman–Crippen MR) is 94.8 cm³/mol. The molecule has 1 spiro atoms. The molecule has 0 bridgehead atoms. The van der Waals surface area contributed by atoms with E-state index in [1.165, 1.54) is 0 Å². The lowest BCUT2D eigenvalue weighted by Gasteiger charge is -2.45. The van der Waals surface area contributed by atoms with Crippen LogP contribution >= 0.6 is 0 Å². The molecular formula is C19H28N2O4. The van der Waals surface area contributed by atoms with E-state index in [0.29, 0.717) is 6.54 Å². The Balaban J connectivity index is 1.46. The Kier molecular flexibility index (Phi) is 5.81. The monoisotopic (exact) mass is 348 g/mol. The molecule has 2 aliphatic rings. The van der Waals surface area contributed by atoms with Crippen LogP contribution in [0.2, 0.25) is 0 Å². The maximum atomic E-state index is 12.4. The number of carbonyl (C=O) groups is 1. The van der Waals surface area contributed by atoms with Crippen molar-refractivity contribution in [3.05, 3.63) is 29.8 Å². The molecule has 2 amide bonds. The molecule has 6 heteroatoms. The summed E-state index contributed by atoms with van der Waals surface area (Å²) in [6.07, 6.45) is 3.94. The van der Waals surface area contributed by atoms with Gasteiger partial charge in [0.25, 0.3) is 0 Å². The second-order valence-electron chi connectivity index (χ2n) is 6.88. The largest absolute Gasteiger partial charge is 0.497 e. The van der Waals surface area contributed by atoms with Gasteiger partial charge in [-0.2, -0.15) is 0 Å². The molecule has 2 heterocycles. The number of ether oxygens (including phenoxy) is 3. The van der Waals surface area contributed by atoms with Crippen molar-refractivity contribution in [2.45, 2.75) is 43.9 Å². The van der Waals surface area contributed by atoms with Crippen molar-refractivity contribution in [1.29, 1.82) is 0 Å². The standard InChI is InChI=1S/C19H28N2O4/c1-23-16-5-3-15(4-6-16)14-20-18(22)21-10-8-19(9-11-21)13-17(24-2)7-12-25-19/h3-6,17H,7-14H2,1-2H3,(H,20,22). The Labute approximate surface area is 149 Å². The highest BCUT2D eigenvalue weighted by atomic mass is 16.5. The zero-order valence-corrected chi connectivity index (χ0v) is 15.1. The molecule has 1 N–H and O–H groups in total. The Morgan fingerprint density at radius 1 is 1.28 bits per heavy atom. The second kappa shape index (κ2) is 8.06. The van der Waals surface area contributed by atoms with Gasteiger partial charge in [-0.15, -0.1) is 0 Å². The average Bonchev–Trinajstić information content (AvgIpc) is 2.67. The smallest absolute Gasteiger partial charge is 0.317 e. The molecule has 25 heavy (non-hydrogen) atoms. The molecule has 1 aromatic rings. The Bertz CT molecular complexity index is 567. The van der Waals surface area contributed by atoms with E-state index in [0.717, 1.165) is 56.7 Å². The van der Waals surface area contributed by atoms with E-state index < -0.39 is 0 Å². The molecule has 0 radical (unpaired) electrons. The zero-order chi connectivity index (χ0) is 17.7. The van der Waals surface area contributed by atoms with Gasteiger partial charge in [0.15, 0.2) is 0 Å². The van der Waals surface area contributed by atoms with Crippen LogP contribution in [0.3, 0.4) is 0 Å². The summed E-state index contributed by atoms with van der Waals surface area (Å²) in [7, 11) is 3.41. The molecule has 0 aliphatic carbocycles. The highest BCUT2D eigenvalue weighted by molar-refractivity contribution is 5.74. The number of hydrogen-bond acceptors (Lipinski definition) is 4. The molecular weight excluding hydrogens is 320 g/mol. The number of likely N-dealkylation sites (tertiary alicyclic amines) is 1. The van der Waals surface area contributed by atoms with Gasteiger partial charge in [-0.05, 0) is 37.0 Å². The van der Waals surface area contributed by atoms with Gasteiger partial charge in [0, 0.05) is 39.8 Å². The Morgan fingerprint density at radius 2 is 2.00 bits per heavy atom. The fourth-order valence-corrected chi connectivity index (χ4v) is 3.68. The van der Waals surface area contributed by atoms with Gasteiger partial charge in [0.1, 0.15) is 5.75 Å². The maximum Gasteiger partial charge on any atom is 0.317 e. The maximum absolute atomic E-state index is 12.4. The van der Waals surface area contributed by atoms with Crippen molar-refractivity contribution < 1.29 is 19.0 Å². The molecule has 1 aromatic carbocycles. The van der Waals surface area contributed by atoms with Crippen LogP contribution in [0.1, 0.15) is 31.2 Å². The van der Waals surface area contributed by atoms with Gasteiger partial charge in [-0.3, -0.25) is 0 Å². The second-order valence-corrected chi connectivity index (χ2v) is 6.88. The van der Waals surface area contributed by atoms with Gasteiger partial charge in [-0.25, -0.2) is 4.79 Å². The summed E-state index contributed by atoms with van der Waals surface area (Å²) in [5.41, 5.74) is 0.951. The molecule has 3 rings (SSSR count). The lowest BCUT2D eigenvalue weighted by Crippen LogP contribution is -2.53. The first kappa shape index (κ1) is 18.0. The highest BCUT2D eigenvalue weighted by Gasteiger charge is 2.41. The van der Waals surface area contributed by atoms with E-state index in [2.05, 4.69) is 5.32 Å². The third kappa shape index (κ3) is 4.44. The fraction of sp³-hybridized carbons (Fsp3) is 0.632. The minimum Gasteiger partial charge on any atom is -0.497 e. The van der Waals surface area contributed by atoms with E-state index in [1.807, 2.05) is 29.2 Å². The van der Waals surface area contributed by atoms with Crippen molar-refractivity contribution >= 4 is 6.03 Å². The van der Waals surface area contributed by atoms with Gasteiger partial charge < -0.3 is 24.4 Å². The molecule has 2 aliphatic heterocycles. The molecule has 2 fully saturated rings. The topological polar surface area (TPSA) is 60.0 Å². The number of rotatable bonds is 4. The number of hydrogen-bond donors (Lipinski definition) is 1. The van der Waals surface area contributed by atoms with E-state index >= 15 is 0 Å². The molecule has 1 unspecified atom stereocenters. The Hall–Kier alpha value is -1.79. The predicted octanol–water partition coefficient (Wildman–Crippen LogP) is 2.56. The number of methoxy groups -OCH3 is 2. The molecule has 6 nitrogen and oxygen atoms in total. The minimum absolute atomic E-state index is 0.00947. The van der Waals surface area contributed by atoms with Gasteiger partial charge in [0.05, 0.1) is 18.8 Å². The van der Waals surface area contributed by atoms with Crippen molar-refractivity contribution in [2.24, 2.45) is 0 Å². The third-order valence-electron chi connectivity index (χ3n) is 5.35. The summed E-state index contributed by atoms with van der Waals surface area (Å²) < 4.78 is 16.7. The first-order valence-electron chi connectivity index (χ1n) is 8.96. The van der Waals surface area contributed by atoms with E-state index in [9.17, 15) is 4.79 Å². The quantitative estimate of drug-likeness (QED) is 0.908. The summed E-state index contributed by atoms with van der Waals surface area (Å²) in [5.74, 6) is 0.818. The summed E-state index contributed by atoms with van der Waals surface area (Å²) in [6.45, 7) is 2.73. The van der Waals surface area contributed by atoms with Gasteiger partial charge in [-0.1, -0.05) is 12.1 Å². The SMILES string of the molecule is COc1ccc(CNC(=O)N2CCC3(CC2)CC(OC)CCO3)cc1. The zero-order valence-electron chi connectivity index (χ0n) is 15.1. The molecule has 0 aromatic heterocycles. The lowest BCUT2D eigenvalue weighted by atomic mass is 9.83. The summed E-state index contributed by atoms with van der Waals surface area (Å²) >= 11 is 0. The van der Waals surface area contributed by atoms with Gasteiger partial charge >= 0.3 is 6.03 Å². The molecule has 0 saturated carbocycles. The van der Waals surface area contributed by atoms with Gasteiger partial charge in [0.2, 0.25) is 0 Å². The number of carbonyl (C=O) groups excluding carboxylic acids is 1. The van der Waals surface area contributed by atoms with Crippen LogP contribution in [0.25, 0.3) is 0 Å². The fourth-order valence-electron chi connectivity index (χ4n) is 3.68. The van der Waals surface area contributed by atoms with E-state index in [-0.39, 0.29) is 17.7 Å². The summed E-state index contributed by atoms with van der Waals surface area (Å²) in [6, 6.07) is 7.72. The number of urea groups is 1. The number of amides is 2. The number of nitrogens with zero attached hydrogens (tertiary/aromatic N) is 1. The summed E-state index contributed by atoms with van der Waals surface area (Å²) in [4.78, 5) is 14.3. The molecule has 1 atom stereocenters.